The van der Waals surface area contributed by atoms with Crippen molar-refractivity contribution >= 4 is 55.1 Å². The van der Waals surface area contributed by atoms with Gasteiger partial charge in [0.1, 0.15) is 12.6 Å². The fourth-order valence-electron chi connectivity index (χ4n) is 5.56. The SMILES string of the molecule is O=C(NC1CCCC1)[C@@H](Cc1ccccc1)N(Cc1ccc(Br)cc1)C(=O)CN(c1ccccc1)S(=O)(=O)c1ccc(Cl)cc1. The summed E-state index contributed by atoms with van der Waals surface area (Å²) in [5, 5.41) is 3.59. The minimum absolute atomic E-state index is 0.00262. The van der Waals surface area contributed by atoms with Crippen molar-refractivity contribution in [2.75, 3.05) is 10.8 Å². The van der Waals surface area contributed by atoms with E-state index in [0.717, 1.165) is 45.6 Å². The molecule has 45 heavy (non-hydrogen) atoms. The summed E-state index contributed by atoms with van der Waals surface area (Å²) >= 11 is 9.52. The van der Waals surface area contributed by atoms with Gasteiger partial charge in [-0.25, -0.2) is 8.42 Å². The lowest BCUT2D eigenvalue weighted by Gasteiger charge is -2.34. The number of carbonyl (C=O) groups excluding carboxylic acids is 2. The van der Waals surface area contributed by atoms with Crippen molar-refractivity contribution in [2.45, 2.75) is 55.6 Å². The van der Waals surface area contributed by atoms with E-state index >= 15 is 0 Å². The van der Waals surface area contributed by atoms with E-state index < -0.39 is 28.5 Å². The van der Waals surface area contributed by atoms with E-state index in [1.807, 2.05) is 54.6 Å². The van der Waals surface area contributed by atoms with E-state index in [1.54, 1.807) is 30.3 Å². The molecule has 7 nitrogen and oxygen atoms in total. The molecule has 0 bridgehead atoms. The standard InChI is InChI=1S/C35H35BrClN3O4S/c36-28-17-15-27(16-18-28)24-39(33(23-26-9-3-1-4-10-26)35(42)38-30-11-7-8-12-30)34(41)25-40(31-13-5-2-6-14-31)45(43,44)32-21-19-29(37)20-22-32/h1-6,9-10,13-22,30,33H,7-8,11-12,23-25H2,(H,38,42)/t33-/m1/s1. The number of para-hydroxylation sites is 1. The lowest BCUT2D eigenvalue weighted by molar-refractivity contribution is -0.140. The maximum Gasteiger partial charge on any atom is 0.264 e. The highest BCUT2D eigenvalue weighted by Gasteiger charge is 2.35. The van der Waals surface area contributed by atoms with Gasteiger partial charge in [-0.05, 0) is 72.5 Å². The highest BCUT2D eigenvalue weighted by Crippen LogP contribution is 2.26. The number of halogens is 2. The Kier molecular flexibility index (Phi) is 11.0. The number of hydrogen-bond acceptors (Lipinski definition) is 4. The number of nitrogens with one attached hydrogen (secondary N) is 1. The van der Waals surface area contributed by atoms with Crippen molar-refractivity contribution in [3.8, 4) is 0 Å². The van der Waals surface area contributed by atoms with E-state index in [2.05, 4.69) is 21.2 Å². The van der Waals surface area contributed by atoms with Gasteiger partial charge in [0.15, 0.2) is 0 Å². The Balaban J connectivity index is 1.54. The Hall–Kier alpha value is -3.66. The molecule has 0 aliphatic heterocycles. The van der Waals surface area contributed by atoms with Gasteiger partial charge in [0.25, 0.3) is 10.0 Å². The van der Waals surface area contributed by atoms with Crippen molar-refractivity contribution in [3.63, 3.8) is 0 Å². The summed E-state index contributed by atoms with van der Waals surface area (Å²) in [6.07, 6.45) is 4.16. The molecule has 1 aliphatic rings. The largest absolute Gasteiger partial charge is 0.352 e. The topological polar surface area (TPSA) is 86.8 Å². The minimum Gasteiger partial charge on any atom is -0.352 e. The van der Waals surface area contributed by atoms with E-state index in [0.29, 0.717) is 10.7 Å². The average molecular weight is 709 g/mol. The molecule has 5 rings (SSSR count). The second kappa shape index (κ2) is 15.1. The Morgan fingerprint density at radius 2 is 1.42 bits per heavy atom. The molecule has 10 heteroatoms. The first-order valence-electron chi connectivity index (χ1n) is 14.9. The van der Waals surface area contributed by atoms with Gasteiger partial charge >= 0.3 is 0 Å². The molecule has 0 heterocycles. The summed E-state index contributed by atoms with van der Waals surface area (Å²) in [5.41, 5.74) is 2.04. The molecule has 2 amide bonds. The molecule has 4 aromatic carbocycles. The van der Waals surface area contributed by atoms with Gasteiger partial charge in [-0.1, -0.05) is 101 Å². The predicted octanol–water partition coefficient (Wildman–Crippen LogP) is 7.00. The molecule has 234 valence electrons. The average Bonchev–Trinajstić information content (AvgIpc) is 3.56. The van der Waals surface area contributed by atoms with Gasteiger partial charge in [-0.15, -0.1) is 0 Å². The van der Waals surface area contributed by atoms with Crippen molar-refractivity contribution < 1.29 is 18.0 Å². The Labute approximate surface area is 278 Å². The highest BCUT2D eigenvalue weighted by atomic mass is 79.9. The fraction of sp³-hybridized carbons (Fsp3) is 0.257. The third kappa shape index (κ3) is 8.54. The summed E-state index contributed by atoms with van der Waals surface area (Å²) in [6.45, 7) is -0.390. The minimum atomic E-state index is -4.18. The van der Waals surface area contributed by atoms with Gasteiger partial charge in [0, 0.05) is 28.5 Å². The van der Waals surface area contributed by atoms with Gasteiger partial charge in [0.05, 0.1) is 10.6 Å². The summed E-state index contributed by atoms with van der Waals surface area (Å²) in [6, 6.07) is 30.6. The molecule has 0 aromatic heterocycles. The van der Waals surface area contributed by atoms with Crippen LogP contribution in [0.2, 0.25) is 5.02 Å². The molecule has 1 saturated carbocycles. The molecule has 0 saturated heterocycles. The number of sulfonamides is 1. The summed E-state index contributed by atoms with van der Waals surface area (Å²) in [5.74, 6) is -0.746. The van der Waals surface area contributed by atoms with Crippen LogP contribution in [0.1, 0.15) is 36.8 Å². The Morgan fingerprint density at radius 3 is 2.04 bits per heavy atom. The lowest BCUT2D eigenvalue weighted by atomic mass is 10.0. The molecule has 1 fully saturated rings. The zero-order valence-electron chi connectivity index (χ0n) is 24.7. The first-order valence-corrected chi connectivity index (χ1v) is 17.5. The van der Waals surface area contributed by atoms with Gasteiger partial charge in [-0.3, -0.25) is 13.9 Å². The number of anilines is 1. The first kappa shape index (κ1) is 32.7. The van der Waals surface area contributed by atoms with Crippen LogP contribution in [-0.4, -0.2) is 43.8 Å². The second-order valence-electron chi connectivity index (χ2n) is 11.1. The molecule has 0 spiro atoms. The summed E-state index contributed by atoms with van der Waals surface area (Å²) in [4.78, 5) is 30.1. The molecular weight excluding hydrogens is 674 g/mol. The number of carbonyl (C=O) groups is 2. The maximum atomic E-state index is 14.5. The normalized spacial score (nSPS) is 14.1. The molecule has 0 radical (unpaired) electrons. The Bertz CT molecular complexity index is 1680. The van der Waals surface area contributed by atoms with Crippen LogP contribution >= 0.6 is 27.5 Å². The van der Waals surface area contributed by atoms with E-state index in [4.69, 9.17) is 11.6 Å². The predicted molar refractivity (Wildman–Crippen MR) is 181 cm³/mol. The molecular formula is C35H35BrClN3O4S. The van der Waals surface area contributed by atoms with Crippen LogP contribution in [0.15, 0.2) is 119 Å². The van der Waals surface area contributed by atoms with Gasteiger partial charge in [-0.2, -0.15) is 0 Å². The number of rotatable bonds is 12. The zero-order valence-corrected chi connectivity index (χ0v) is 27.8. The maximum absolute atomic E-state index is 14.5. The second-order valence-corrected chi connectivity index (χ2v) is 14.4. The lowest BCUT2D eigenvalue weighted by Crippen LogP contribution is -2.54. The fourth-order valence-corrected chi connectivity index (χ4v) is 7.37. The third-order valence-electron chi connectivity index (χ3n) is 7.96. The van der Waals surface area contributed by atoms with Gasteiger partial charge in [0.2, 0.25) is 11.8 Å². The van der Waals surface area contributed by atoms with E-state index in [-0.39, 0.29) is 29.8 Å². The smallest absolute Gasteiger partial charge is 0.264 e. The number of benzene rings is 4. The third-order valence-corrected chi connectivity index (χ3v) is 10.5. The highest BCUT2D eigenvalue weighted by molar-refractivity contribution is 9.10. The van der Waals surface area contributed by atoms with Crippen molar-refractivity contribution in [3.05, 3.63) is 130 Å². The molecule has 4 aromatic rings. The molecule has 1 atom stereocenters. The number of hydrogen-bond donors (Lipinski definition) is 1. The quantitative estimate of drug-likeness (QED) is 0.172. The number of nitrogens with zero attached hydrogens (tertiary/aromatic N) is 2. The summed E-state index contributed by atoms with van der Waals surface area (Å²) in [7, 11) is -4.18. The van der Waals surface area contributed by atoms with E-state index in [9.17, 15) is 18.0 Å². The van der Waals surface area contributed by atoms with Crippen LogP contribution in [0.25, 0.3) is 0 Å². The number of amides is 2. The van der Waals surface area contributed by atoms with Crippen LogP contribution in [0.3, 0.4) is 0 Å². The van der Waals surface area contributed by atoms with Crippen molar-refractivity contribution in [1.82, 2.24) is 10.2 Å². The van der Waals surface area contributed by atoms with Crippen LogP contribution in [0.4, 0.5) is 5.69 Å². The summed E-state index contributed by atoms with van der Waals surface area (Å²) < 4.78 is 30.1. The van der Waals surface area contributed by atoms with E-state index in [1.165, 1.54) is 29.2 Å². The zero-order chi connectivity index (χ0) is 31.8. The monoisotopic (exact) mass is 707 g/mol. The Morgan fingerprint density at radius 1 is 0.822 bits per heavy atom. The van der Waals surface area contributed by atoms with Crippen molar-refractivity contribution in [2.24, 2.45) is 0 Å². The first-order chi connectivity index (χ1) is 21.7. The van der Waals surface area contributed by atoms with Crippen LogP contribution in [-0.2, 0) is 32.6 Å². The van der Waals surface area contributed by atoms with Crippen molar-refractivity contribution in [1.29, 1.82) is 0 Å². The van der Waals surface area contributed by atoms with Crippen LogP contribution in [0.5, 0.6) is 0 Å². The molecule has 1 aliphatic carbocycles. The molecule has 1 N–H and O–H groups in total. The van der Waals surface area contributed by atoms with Crippen LogP contribution < -0.4 is 9.62 Å². The van der Waals surface area contributed by atoms with Crippen LogP contribution in [0, 0.1) is 0 Å². The van der Waals surface area contributed by atoms with Gasteiger partial charge < -0.3 is 10.2 Å². The molecule has 0 unspecified atom stereocenters.